The van der Waals surface area contributed by atoms with Gasteiger partial charge < -0.3 is 10.2 Å². The molecule has 0 spiro atoms. The Morgan fingerprint density at radius 3 is 2.12 bits per heavy atom. The SMILES string of the molecule is Cc1cc(C(O)C(O)CCCl)cc(C)c1Cl. The third kappa shape index (κ3) is 3.11. The van der Waals surface area contributed by atoms with Gasteiger partial charge >= 0.3 is 0 Å². The van der Waals surface area contributed by atoms with Crippen LogP contribution in [0.15, 0.2) is 12.1 Å². The normalized spacial score (nSPS) is 14.9. The molecule has 0 amide bonds. The van der Waals surface area contributed by atoms with E-state index in [1.54, 1.807) is 12.1 Å². The average molecular weight is 263 g/mol. The van der Waals surface area contributed by atoms with Crippen molar-refractivity contribution in [3.8, 4) is 0 Å². The van der Waals surface area contributed by atoms with Crippen LogP contribution in [0.25, 0.3) is 0 Å². The van der Waals surface area contributed by atoms with E-state index < -0.39 is 12.2 Å². The molecule has 0 radical (unpaired) electrons. The smallest absolute Gasteiger partial charge is 0.105 e. The molecule has 2 atom stereocenters. The number of aliphatic hydroxyl groups is 2. The van der Waals surface area contributed by atoms with Gasteiger partial charge in [-0.3, -0.25) is 0 Å². The summed E-state index contributed by atoms with van der Waals surface area (Å²) in [6.07, 6.45) is -1.38. The van der Waals surface area contributed by atoms with E-state index in [-0.39, 0.29) is 0 Å². The third-order valence-corrected chi connectivity index (χ3v) is 3.38. The Kier molecular flexibility index (Phi) is 5.06. The molecule has 1 aromatic carbocycles. The summed E-state index contributed by atoms with van der Waals surface area (Å²) in [6.45, 7) is 3.75. The highest BCUT2D eigenvalue weighted by molar-refractivity contribution is 6.32. The monoisotopic (exact) mass is 262 g/mol. The lowest BCUT2D eigenvalue weighted by Crippen LogP contribution is -2.18. The van der Waals surface area contributed by atoms with Gasteiger partial charge in [0.15, 0.2) is 0 Å². The molecule has 2 unspecified atom stereocenters. The van der Waals surface area contributed by atoms with Gasteiger partial charge in [-0.25, -0.2) is 0 Å². The molecule has 2 N–H and O–H groups in total. The molecule has 0 aromatic heterocycles. The Labute approximate surface area is 106 Å². The molecule has 1 rings (SSSR count). The number of aryl methyl sites for hydroxylation is 2. The molecule has 0 heterocycles. The first-order valence-electron chi connectivity index (χ1n) is 5.16. The topological polar surface area (TPSA) is 40.5 Å². The van der Waals surface area contributed by atoms with Crippen LogP contribution in [-0.2, 0) is 0 Å². The van der Waals surface area contributed by atoms with Crippen molar-refractivity contribution in [2.75, 3.05) is 5.88 Å². The van der Waals surface area contributed by atoms with Gasteiger partial charge in [0, 0.05) is 10.9 Å². The van der Waals surface area contributed by atoms with Gasteiger partial charge in [-0.05, 0) is 37.0 Å². The highest BCUT2D eigenvalue weighted by Gasteiger charge is 2.18. The maximum Gasteiger partial charge on any atom is 0.105 e. The molecule has 0 aliphatic rings. The van der Waals surface area contributed by atoms with E-state index in [1.165, 1.54) is 0 Å². The largest absolute Gasteiger partial charge is 0.390 e. The Balaban J connectivity index is 2.96. The zero-order valence-electron chi connectivity index (χ0n) is 9.37. The number of benzene rings is 1. The fraction of sp³-hybridized carbons (Fsp3) is 0.500. The summed E-state index contributed by atoms with van der Waals surface area (Å²) in [7, 11) is 0. The van der Waals surface area contributed by atoms with Crippen LogP contribution in [0.5, 0.6) is 0 Å². The first-order valence-corrected chi connectivity index (χ1v) is 6.07. The van der Waals surface area contributed by atoms with Crippen molar-refractivity contribution < 1.29 is 10.2 Å². The van der Waals surface area contributed by atoms with Gasteiger partial charge in [-0.15, -0.1) is 11.6 Å². The van der Waals surface area contributed by atoms with E-state index in [1.807, 2.05) is 13.8 Å². The maximum absolute atomic E-state index is 9.91. The molecule has 0 saturated carbocycles. The van der Waals surface area contributed by atoms with Gasteiger partial charge in [-0.2, -0.15) is 0 Å². The van der Waals surface area contributed by atoms with Crippen LogP contribution >= 0.6 is 23.2 Å². The van der Waals surface area contributed by atoms with Crippen LogP contribution in [-0.4, -0.2) is 22.2 Å². The predicted octanol–water partition coefficient (Wildman–Crippen LogP) is 2.98. The maximum atomic E-state index is 9.91. The molecule has 0 fully saturated rings. The van der Waals surface area contributed by atoms with Crippen molar-refractivity contribution >= 4 is 23.2 Å². The van der Waals surface area contributed by atoms with Crippen LogP contribution < -0.4 is 0 Å². The summed E-state index contributed by atoms with van der Waals surface area (Å²) in [5.41, 5.74) is 2.47. The van der Waals surface area contributed by atoms with Crippen molar-refractivity contribution in [3.05, 3.63) is 33.8 Å². The fourth-order valence-corrected chi connectivity index (χ4v) is 1.97. The van der Waals surface area contributed by atoms with Crippen molar-refractivity contribution in [2.45, 2.75) is 32.5 Å². The highest BCUT2D eigenvalue weighted by Crippen LogP contribution is 2.27. The summed E-state index contributed by atoms with van der Waals surface area (Å²) in [5, 5.41) is 20.3. The number of halogens is 2. The summed E-state index contributed by atoms with van der Waals surface area (Å²) in [6, 6.07) is 3.58. The van der Waals surface area contributed by atoms with Crippen LogP contribution in [0.1, 0.15) is 29.2 Å². The first kappa shape index (κ1) is 13.8. The lowest BCUT2D eigenvalue weighted by Gasteiger charge is -2.18. The lowest BCUT2D eigenvalue weighted by molar-refractivity contribution is 0.0169. The van der Waals surface area contributed by atoms with Gasteiger partial charge in [0.05, 0.1) is 6.10 Å². The van der Waals surface area contributed by atoms with Gasteiger partial charge in [0.2, 0.25) is 0 Å². The quantitative estimate of drug-likeness (QED) is 0.820. The molecular formula is C12H16Cl2O2. The second-order valence-electron chi connectivity index (χ2n) is 3.96. The van der Waals surface area contributed by atoms with Crippen molar-refractivity contribution in [3.63, 3.8) is 0 Å². The third-order valence-electron chi connectivity index (χ3n) is 2.57. The van der Waals surface area contributed by atoms with E-state index in [4.69, 9.17) is 23.2 Å². The number of hydrogen-bond acceptors (Lipinski definition) is 2. The molecule has 0 bridgehead atoms. The molecule has 16 heavy (non-hydrogen) atoms. The Morgan fingerprint density at radius 1 is 1.19 bits per heavy atom. The zero-order valence-corrected chi connectivity index (χ0v) is 10.9. The number of alkyl halides is 1. The molecule has 0 saturated heterocycles. The lowest BCUT2D eigenvalue weighted by atomic mass is 9.98. The standard InChI is InChI=1S/C12H16Cl2O2/c1-7-5-9(6-8(2)11(7)14)12(16)10(15)3-4-13/h5-6,10,12,15-16H,3-4H2,1-2H3. The minimum absolute atomic E-state index is 0.323. The molecule has 0 aliphatic carbocycles. The van der Waals surface area contributed by atoms with E-state index >= 15 is 0 Å². The van der Waals surface area contributed by atoms with E-state index in [2.05, 4.69) is 0 Å². The highest BCUT2D eigenvalue weighted by atomic mass is 35.5. The molecule has 90 valence electrons. The second-order valence-corrected chi connectivity index (χ2v) is 4.71. The Bertz CT molecular complexity index is 343. The molecule has 2 nitrogen and oxygen atoms in total. The van der Waals surface area contributed by atoms with Crippen molar-refractivity contribution in [1.29, 1.82) is 0 Å². The average Bonchev–Trinajstić information content (AvgIpc) is 2.24. The first-order chi connectivity index (χ1) is 7.47. The molecular weight excluding hydrogens is 247 g/mol. The zero-order chi connectivity index (χ0) is 12.3. The van der Waals surface area contributed by atoms with E-state index in [0.717, 1.165) is 11.1 Å². The molecule has 4 heteroatoms. The number of rotatable bonds is 4. The Hall–Kier alpha value is -0.280. The van der Waals surface area contributed by atoms with E-state index in [0.29, 0.717) is 22.9 Å². The minimum atomic E-state index is -0.909. The fourth-order valence-electron chi connectivity index (χ4n) is 1.64. The van der Waals surface area contributed by atoms with Gasteiger partial charge in [0.1, 0.15) is 6.10 Å². The summed E-state index contributed by atoms with van der Waals surface area (Å²) >= 11 is 11.6. The Morgan fingerprint density at radius 2 is 1.69 bits per heavy atom. The second kappa shape index (κ2) is 5.87. The van der Waals surface area contributed by atoms with Crippen molar-refractivity contribution in [2.24, 2.45) is 0 Å². The van der Waals surface area contributed by atoms with Crippen molar-refractivity contribution in [1.82, 2.24) is 0 Å². The summed E-state index contributed by atoms with van der Waals surface area (Å²) < 4.78 is 0. The van der Waals surface area contributed by atoms with E-state index in [9.17, 15) is 10.2 Å². The minimum Gasteiger partial charge on any atom is -0.390 e. The number of aliphatic hydroxyl groups excluding tert-OH is 2. The summed E-state index contributed by atoms with van der Waals surface area (Å²) in [4.78, 5) is 0. The van der Waals surface area contributed by atoms with Crippen LogP contribution in [0, 0.1) is 13.8 Å². The van der Waals surface area contributed by atoms with Gasteiger partial charge in [0.25, 0.3) is 0 Å². The summed E-state index contributed by atoms with van der Waals surface area (Å²) in [5.74, 6) is 0.323. The number of hydrogen-bond donors (Lipinski definition) is 2. The predicted molar refractivity (Wildman–Crippen MR) is 67.2 cm³/mol. The van der Waals surface area contributed by atoms with Gasteiger partial charge in [-0.1, -0.05) is 23.7 Å². The van der Waals surface area contributed by atoms with Crippen LogP contribution in [0.4, 0.5) is 0 Å². The molecule has 0 aliphatic heterocycles. The molecule has 1 aromatic rings. The van der Waals surface area contributed by atoms with Crippen LogP contribution in [0.2, 0.25) is 5.02 Å². The van der Waals surface area contributed by atoms with Crippen LogP contribution in [0.3, 0.4) is 0 Å².